The number of ether oxygens (including phenoxy) is 2. The summed E-state index contributed by atoms with van der Waals surface area (Å²) in [6.07, 6.45) is 1.51. The van der Waals surface area contributed by atoms with Crippen molar-refractivity contribution < 1.29 is 23.0 Å². The summed E-state index contributed by atoms with van der Waals surface area (Å²) in [4.78, 5) is 22.9. The van der Waals surface area contributed by atoms with E-state index in [0.717, 1.165) is 37.3 Å². The third-order valence-electron chi connectivity index (χ3n) is 5.75. The van der Waals surface area contributed by atoms with E-state index in [9.17, 15) is 13.6 Å². The minimum Gasteiger partial charge on any atom is -0.475 e. The molecule has 9 nitrogen and oxygen atoms in total. The third kappa shape index (κ3) is 7.25. The topological polar surface area (TPSA) is 115 Å². The van der Waals surface area contributed by atoms with Crippen molar-refractivity contribution in [2.75, 3.05) is 57.1 Å². The van der Waals surface area contributed by atoms with Crippen molar-refractivity contribution in [2.24, 2.45) is 0 Å². The summed E-state index contributed by atoms with van der Waals surface area (Å²) in [7, 11) is 0. The van der Waals surface area contributed by atoms with Gasteiger partial charge in [-0.15, -0.1) is 0 Å². The van der Waals surface area contributed by atoms with Gasteiger partial charge >= 0.3 is 6.03 Å². The smallest absolute Gasteiger partial charge is 0.319 e. The molecule has 1 aromatic heterocycles. The number of nitrogens with zero attached hydrogens (tertiary/aromatic N) is 3. The summed E-state index contributed by atoms with van der Waals surface area (Å²) in [6, 6.07) is 8.71. The molecule has 1 saturated heterocycles. The van der Waals surface area contributed by atoms with E-state index < -0.39 is 11.6 Å². The van der Waals surface area contributed by atoms with E-state index in [1.165, 1.54) is 6.20 Å². The molecule has 196 valence electrons. The maximum absolute atomic E-state index is 14.0. The second kappa shape index (κ2) is 12.6. The predicted octanol–water partition coefficient (Wildman–Crippen LogP) is 3.73. The minimum absolute atomic E-state index is 0.0116. The number of rotatable bonds is 9. The number of hydrogen-bond donors (Lipinski definition) is 3. The predicted molar refractivity (Wildman–Crippen MR) is 137 cm³/mol. The molecule has 2 heterocycles. The first-order chi connectivity index (χ1) is 17.9. The highest BCUT2D eigenvalue weighted by Gasteiger charge is 2.14. The van der Waals surface area contributed by atoms with Crippen LogP contribution in [0.15, 0.2) is 42.6 Å². The number of benzene rings is 2. The van der Waals surface area contributed by atoms with Crippen molar-refractivity contribution in [3.05, 3.63) is 64.8 Å². The Morgan fingerprint density at radius 1 is 1.14 bits per heavy atom. The summed E-state index contributed by atoms with van der Waals surface area (Å²) in [6.45, 7) is 4.43. The highest BCUT2D eigenvalue weighted by Crippen LogP contribution is 2.26. The Morgan fingerprint density at radius 2 is 1.86 bits per heavy atom. The van der Waals surface area contributed by atoms with E-state index in [-0.39, 0.29) is 41.3 Å². The van der Waals surface area contributed by atoms with Gasteiger partial charge in [-0.1, -0.05) is 23.7 Å². The fourth-order valence-corrected chi connectivity index (χ4v) is 3.97. The van der Waals surface area contributed by atoms with Gasteiger partial charge in [0.1, 0.15) is 11.6 Å². The second-order valence-corrected chi connectivity index (χ2v) is 8.66. The molecule has 2 aromatic carbocycles. The van der Waals surface area contributed by atoms with Gasteiger partial charge < -0.3 is 25.8 Å². The van der Waals surface area contributed by atoms with Crippen molar-refractivity contribution in [2.45, 2.75) is 6.42 Å². The lowest BCUT2D eigenvalue weighted by Gasteiger charge is -2.26. The van der Waals surface area contributed by atoms with Crippen LogP contribution in [0.2, 0.25) is 5.02 Å². The van der Waals surface area contributed by atoms with Crippen molar-refractivity contribution in [3.8, 4) is 17.1 Å². The van der Waals surface area contributed by atoms with Crippen molar-refractivity contribution >= 4 is 29.1 Å². The van der Waals surface area contributed by atoms with Gasteiger partial charge in [-0.3, -0.25) is 4.90 Å². The molecule has 1 fully saturated rings. The highest BCUT2D eigenvalue weighted by atomic mass is 35.5. The van der Waals surface area contributed by atoms with Gasteiger partial charge in [0, 0.05) is 49.4 Å². The molecule has 0 saturated carbocycles. The second-order valence-electron chi connectivity index (χ2n) is 8.28. The number of carbonyl (C=O) groups is 1. The first-order valence-corrected chi connectivity index (χ1v) is 12.1. The maximum atomic E-state index is 14.0. The molecule has 4 N–H and O–H groups in total. The largest absolute Gasteiger partial charge is 0.475 e. The first kappa shape index (κ1) is 26.5. The number of morpholine rings is 1. The number of aromatic nitrogens is 2. The molecule has 0 bridgehead atoms. The van der Waals surface area contributed by atoms with Gasteiger partial charge in [0.15, 0.2) is 5.82 Å². The summed E-state index contributed by atoms with van der Waals surface area (Å²) in [5.74, 6) is -1.21. The van der Waals surface area contributed by atoms with Gasteiger partial charge in [-0.2, -0.15) is 0 Å². The van der Waals surface area contributed by atoms with Crippen LogP contribution in [-0.4, -0.2) is 66.9 Å². The van der Waals surface area contributed by atoms with Gasteiger partial charge in [-0.05, 0) is 24.3 Å². The van der Waals surface area contributed by atoms with Crippen LogP contribution in [-0.2, 0) is 11.2 Å². The van der Waals surface area contributed by atoms with E-state index in [0.29, 0.717) is 31.1 Å². The molecule has 0 unspecified atom stereocenters. The Morgan fingerprint density at radius 3 is 2.62 bits per heavy atom. The van der Waals surface area contributed by atoms with Crippen LogP contribution in [0.4, 0.5) is 25.1 Å². The number of anilines is 2. The van der Waals surface area contributed by atoms with Gasteiger partial charge in [0.25, 0.3) is 5.88 Å². The van der Waals surface area contributed by atoms with Crippen LogP contribution in [0, 0.1) is 11.6 Å². The number of nitrogen functional groups attached to an aromatic ring is 1. The molecule has 4 rings (SSSR count). The first-order valence-electron chi connectivity index (χ1n) is 11.7. The average Bonchev–Trinajstić information content (AvgIpc) is 2.90. The standard InChI is InChI=1S/C25H27ClF2N6O3/c26-22-18(19(27)5-6-20(22)28)7-12-37-24-23(29)31-15-21(33-24)16-1-3-17(4-2-16)32-25(35)30-8-9-34-10-13-36-14-11-34/h1-6,15H,7-14H2,(H2,29,31)(H2,30,32,35). The Balaban J connectivity index is 1.30. The molecular weight excluding hydrogens is 506 g/mol. The molecule has 0 atom stereocenters. The zero-order valence-electron chi connectivity index (χ0n) is 20.0. The Kier molecular flexibility index (Phi) is 9.04. The lowest BCUT2D eigenvalue weighted by Crippen LogP contribution is -2.42. The molecule has 3 aromatic rings. The SMILES string of the molecule is Nc1ncc(-c2ccc(NC(=O)NCCN3CCOCC3)cc2)nc1OCCc1c(F)ccc(F)c1Cl. The van der Waals surface area contributed by atoms with Crippen LogP contribution < -0.4 is 21.1 Å². The van der Waals surface area contributed by atoms with E-state index >= 15 is 0 Å². The minimum atomic E-state index is -0.706. The number of nitrogens with two attached hydrogens (primary N) is 1. The normalized spacial score (nSPS) is 13.8. The number of halogens is 3. The van der Waals surface area contributed by atoms with Crippen molar-refractivity contribution in [1.29, 1.82) is 0 Å². The van der Waals surface area contributed by atoms with E-state index in [1.54, 1.807) is 24.3 Å². The van der Waals surface area contributed by atoms with Crippen LogP contribution >= 0.6 is 11.6 Å². The Labute approximate surface area is 217 Å². The Bertz CT molecular complexity index is 1230. The third-order valence-corrected chi connectivity index (χ3v) is 6.16. The number of hydrogen-bond acceptors (Lipinski definition) is 7. The van der Waals surface area contributed by atoms with Crippen LogP contribution in [0.1, 0.15) is 5.56 Å². The number of nitrogens with one attached hydrogen (secondary N) is 2. The maximum Gasteiger partial charge on any atom is 0.319 e. The number of urea groups is 1. The highest BCUT2D eigenvalue weighted by molar-refractivity contribution is 6.31. The molecule has 0 spiro atoms. The van der Waals surface area contributed by atoms with Crippen LogP contribution in [0.5, 0.6) is 5.88 Å². The van der Waals surface area contributed by atoms with E-state index in [2.05, 4.69) is 25.5 Å². The van der Waals surface area contributed by atoms with Crippen LogP contribution in [0.3, 0.4) is 0 Å². The molecule has 1 aliphatic rings. The van der Waals surface area contributed by atoms with E-state index in [4.69, 9.17) is 26.8 Å². The molecule has 1 aliphatic heterocycles. The van der Waals surface area contributed by atoms with Crippen molar-refractivity contribution in [1.82, 2.24) is 20.2 Å². The average molecular weight is 533 g/mol. The summed E-state index contributed by atoms with van der Waals surface area (Å²) in [5, 5.41) is 5.35. The monoisotopic (exact) mass is 532 g/mol. The summed E-state index contributed by atoms with van der Waals surface area (Å²) < 4.78 is 38.5. The van der Waals surface area contributed by atoms with E-state index in [1.807, 2.05) is 0 Å². The molecule has 37 heavy (non-hydrogen) atoms. The zero-order valence-corrected chi connectivity index (χ0v) is 20.7. The van der Waals surface area contributed by atoms with Crippen LogP contribution in [0.25, 0.3) is 11.3 Å². The summed E-state index contributed by atoms with van der Waals surface area (Å²) >= 11 is 5.86. The zero-order chi connectivity index (χ0) is 26.2. The molecule has 0 aliphatic carbocycles. The van der Waals surface area contributed by atoms with Gasteiger partial charge in [0.2, 0.25) is 0 Å². The molecular formula is C25H27ClF2N6O3. The molecule has 0 radical (unpaired) electrons. The lowest BCUT2D eigenvalue weighted by molar-refractivity contribution is 0.0388. The fourth-order valence-electron chi connectivity index (χ4n) is 3.73. The quantitative estimate of drug-likeness (QED) is 0.360. The molecule has 2 amide bonds. The number of carbonyl (C=O) groups excluding carboxylic acids is 1. The number of amides is 2. The Hall–Kier alpha value is -3.54. The fraction of sp³-hybridized carbons (Fsp3) is 0.320. The molecule has 12 heteroatoms. The lowest BCUT2D eigenvalue weighted by atomic mass is 10.1. The van der Waals surface area contributed by atoms with Crippen molar-refractivity contribution in [3.63, 3.8) is 0 Å². The van der Waals surface area contributed by atoms with Gasteiger partial charge in [0.05, 0.1) is 36.7 Å². The summed E-state index contributed by atoms with van der Waals surface area (Å²) in [5.41, 5.74) is 7.70. The van der Waals surface area contributed by atoms with Gasteiger partial charge in [-0.25, -0.2) is 23.5 Å².